The first-order chi connectivity index (χ1) is 5.75. The van der Waals surface area contributed by atoms with Crippen LogP contribution >= 0.6 is 12.2 Å². The third-order valence-corrected chi connectivity index (χ3v) is 2.08. The van der Waals surface area contributed by atoms with Crippen molar-refractivity contribution < 1.29 is 4.39 Å². The summed E-state index contributed by atoms with van der Waals surface area (Å²) in [6, 6.07) is 6.65. The van der Waals surface area contributed by atoms with Crippen LogP contribution in [0.4, 0.5) is 4.39 Å². The molecule has 0 amide bonds. The lowest BCUT2D eigenvalue weighted by Crippen LogP contribution is -1.99. The molecule has 12 heavy (non-hydrogen) atoms. The van der Waals surface area contributed by atoms with E-state index < -0.39 is 0 Å². The van der Waals surface area contributed by atoms with Gasteiger partial charge in [0.15, 0.2) is 0 Å². The summed E-state index contributed by atoms with van der Waals surface area (Å²) in [4.78, 5) is 0.718. The Morgan fingerprint density at radius 1 is 1.42 bits per heavy atom. The van der Waals surface area contributed by atoms with Crippen molar-refractivity contribution in [2.45, 2.75) is 19.8 Å². The van der Waals surface area contributed by atoms with E-state index in [4.69, 9.17) is 12.2 Å². The molecular weight excluding hydrogens is 171 g/mol. The zero-order valence-corrected chi connectivity index (χ0v) is 7.83. The summed E-state index contributed by atoms with van der Waals surface area (Å²) in [6.07, 6.45) is 1.75. The summed E-state index contributed by atoms with van der Waals surface area (Å²) in [5.41, 5.74) is 0.578. The van der Waals surface area contributed by atoms with Gasteiger partial charge in [0.05, 0.1) is 0 Å². The molecule has 0 bridgehead atoms. The van der Waals surface area contributed by atoms with Gasteiger partial charge >= 0.3 is 0 Å². The summed E-state index contributed by atoms with van der Waals surface area (Å²) in [6.45, 7) is 2.03. The van der Waals surface area contributed by atoms with Gasteiger partial charge in [-0.05, 0) is 12.5 Å². The monoisotopic (exact) mass is 182 g/mol. The Morgan fingerprint density at radius 3 is 2.67 bits per heavy atom. The van der Waals surface area contributed by atoms with Gasteiger partial charge in [0.25, 0.3) is 0 Å². The van der Waals surface area contributed by atoms with E-state index in [1.54, 1.807) is 18.2 Å². The van der Waals surface area contributed by atoms with Crippen LogP contribution in [0, 0.1) is 5.82 Å². The average Bonchev–Trinajstić information content (AvgIpc) is 2.05. The van der Waals surface area contributed by atoms with Gasteiger partial charge in [-0.15, -0.1) is 0 Å². The van der Waals surface area contributed by atoms with E-state index in [1.165, 1.54) is 6.07 Å². The molecular formula is C10H11FS. The van der Waals surface area contributed by atoms with E-state index in [9.17, 15) is 4.39 Å². The lowest BCUT2D eigenvalue weighted by atomic mass is 10.1. The first-order valence-electron chi connectivity index (χ1n) is 4.03. The van der Waals surface area contributed by atoms with Crippen LogP contribution in [-0.2, 0) is 0 Å². The third-order valence-electron chi connectivity index (χ3n) is 1.65. The summed E-state index contributed by atoms with van der Waals surface area (Å²) in [5.74, 6) is -0.212. The van der Waals surface area contributed by atoms with E-state index in [-0.39, 0.29) is 5.82 Å². The maximum atomic E-state index is 13.1. The number of halogens is 1. The third kappa shape index (κ3) is 2.11. The fraction of sp³-hybridized carbons (Fsp3) is 0.300. The quantitative estimate of drug-likeness (QED) is 0.510. The summed E-state index contributed by atoms with van der Waals surface area (Å²) < 4.78 is 13.1. The van der Waals surface area contributed by atoms with Crippen LogP contribution < -0.4 is 0 Å². The van der Waals surface area contributed by atoms with Crippen LogP contribution in [0.25, 0.3) is 0 Å². The van der Waals surface area contributed by atoms with Gasteiger partial charge in [-0.2, -0.15) is 0 Å². The predicted octanol–water partition coefficient (Wildman–Crippen LogP) is 3.34. The van der Waals surface area contributed by atoms with Crippen molar-refractivity contribution in [2.24, 2.45) is 0 Å². The summed E-state index contributed by atoms with van der Waals surface area (Å²) in [5, 5.41) is 0. The second-order valence-electron chi connectivity index (χ2n) is 2.65. The molecule has 0 aliphatic carbocycles. The minimum atomic E-state index is -0.212. The highest BCUT2D eigenvalue weighted by Gasteiger charge is 2.04. The van der Waals surface area contributed by atoms with Gasteiger partial charge in [0.2, 0.25) is 0 Å². The molecule has 2 heteroatoms. The maximum absolute atomic E-state index is 13.1. The molecule has 0 fully saturated rings. The highest BCUT2D eigenvalue weighted by Crippen LogP contribution is 2.11. The Labute approximate surface area is 77.4 Å². The van der Waals surface area contributed by atoms with Crippen LogP contribution in [0.3, 0.4) is 0 Å². The number of hydrogen-bond donors (Lipinski definition) is 0. The SMILES string of the molecule is CCCC(=S)c1ccccc1F. The average molecular weight is 182 g/mol. The number of hydrogen-bond acceptors (Lipinski definition) is 1. The minimum absolute atomic E-state index is 0.212. The smallest absolute Gasteiger partial charge is 0.131 e. The topological polar surface area (TPSA) is 0 Å². The summed E-state index contributed by atoms with van der Waals surface area (Å²) >= 11 is 5.07. The van der Waals surface area contributed by atoms with E-state index in [0.717, 1.165) is 17.7 Å². The second kappa shape index (κ2) is 4.31. The van der Waals surface area contributed by atoms with Crippen molar-refractivity contribution in [1.29, 1.82) is 0 Å². The van der Waals surface area contributed by atoms with Gasteiger partial charge in [0.1, 0.15) is 5.82 Å². The Kier molecular flexibility index (Phi) is 3.35. The number of thiocarbonyl (C=S) groups is 1. The van der Waals surface area contributed by atoms with E-state index in [2.05, 4.69) is 0 Å². The van der Waals surface area contributed by atoms with E-state index in [1.807, 2.05) is 6.92 Å². The molecule has 0 atom stereocenters. The van der Waals surface area contributed by atoms with Gasteiger partial charge < -0.3 is 0 Å². The van der Waals surface area contributed by atoms with Gasteiger partial charge in [-0.3, -0.25) is 0 Å². The molecule has 64 valence electrons. The lowest BCUT2D eigenvalue weighted by Gasteiger charge is -2.02. The molecule has 0 spiro atoms. The lowest BCUT2D eigenvalue weighted by molar-refractivity contribution is 0.625. The first kappa shape index (κ1) is 9.33. The van der Waals surface area contributed by atoms with E-state index in [0.29, 0.717) is 5.56 Å². The van der Waals surface area contributed by atoms with Crippen molar-refractivity contribution in [3.63, 3.8) is 0 Å². The molecule has 0 N–H and O–H groups in total. The molecule has 0 aromatic heterocycles. The molecule has 0 aliphatic heterocycles. The Bertz CT molecular complexity index is 281. The number of benzene rings is 1. The minimum Gasteiger partial charge on any atom is -0.206 e. The van der Waals surface area contributed by atoms with Crippen molar-refractivity contribution in [3.05, 3.63) is 35.6 Å². The molecule has 1 rings (SSSR count). The Balaban J connectivity index is 2.87. The molecule has 1 aromatic carbocycles. The fourth-order valence-electron chi connectivity index (χ4n) is 1.05. The molecule has 0 nitrogen and oxygen atoms in total. The first-order valence-corrected chi connectivity index (χ1v) is 4.44. The highest BCUT2D eigenvalue weighted by atomic mass is 32.1. The zero-order chi connectivity index (χ0) is 8.97. The van der Waals surface area contributed by atoms with E-state index >= 15 is 0 Å². The highest BCUT2D eigenvalue weighted by molar-refractivity contribution is 7.80. The van der Waals surface area contributed by atoms with Crippen LogP contribution in [0.1, 0.15) is 25.3 Å². The Morgan fingerprint density at radius 2 is 2.08 bits per heavy atom. The molecule has 0 heterocycles. The largest absolute Gasteiger partial charge is 0.206 e. The van der Waals surface area contributed by atoms with Crippen molar-refractivity contribution in [2.75, 3.05) is 0 Å². The summed E-state index contributed by atoms with van der Waals surface area (Å²) in [7, 11) is 0. The van der Waals surface area contributed by atoms with Crippen LogP contribution in [-0.4, -0.2) is 4.86 Å². The van der Waals surface area contributed by atoms with Crippen LogP contribution in [0.2, 0.25) is 0 Å². The molecule has 0 radical (unpaired) electrons. The van der Waals surface area contributed by atoms with Crippen molar-refractivity contribution in [3.8, 4) is 0 Å². The standard InChI is InChI=1S/C10H11FS/c1-2-5-10(12)8-6-3-4-7-9(8)11/h3-4,6-7H,2,5H2,1H3. The zero-order valence-electron chi connectivity index (χ0n) is 7.01. The van der Waals surface area contributed by atoms with Crippen LogP contribution in [0.5, 0.6) is 0 Å². The number of rotatable bonds is 3. The molecule has 1 aromatic rings. The predicted molar refractivity (Wildman–Crippen MR) is 53.0 cm³/mol. The van der Waals surface area contributed by atoms with Crippen LogP contribution in [0.15, 0.2) is 24.3 Å². The fourth-order valence-corrected chi connectivity index (χ4v) is 1.42. The van der Waals surface area contributed by atoms with Gasteiger partial charge in [-0.25, -0.2) is 4.39 Å². The van der Waals surface area contributed by atoms with Crippen molar-refractivity contribution in [1.82, 2.24) is 0 Å². The van der Waals surface area contributed by atoms with Gasteiger partial charge in [0, 0.05) is 10.4 Å². The molecule has 0 unspecified atom stereocenters. The van der Waals surface area contributed by atoms with Gasteiger partial charge in [-0.1, -0.05) is 43.8 Å². The van der Waals surface area contributed by atoms with Crippen molar-refractivity contribution >= 4 is 17.1 Å². The molecule has 0 saturated carbocycles. The molecule has 0 saturated heterocycles. The normalized spacial score (nSPS) is 9.83. The Hall–Kier alpha value is -0.760. The second-order valence-corrected chi connectivity index (χ2v) is 3.15. The maximum Gasteiger partial charge on any atom is 0.131 e. The molecule has 0 aliphatic rings.